The maximum atomic E-state index is 12.0. The predicted octanol–water partition coefficient (Wildman–Crippen LogP) is 2.58. The van der Waals surface area contributed by atoms with Crippen molar-refractivity contribution in [2.75, 3.05) is 18.9 Å². The SMILES string of the molecule is Cc1cc(CCC(=O)Nc2nncs2)cc(C2CCCN2C)n1. The van der Waals surface area contributed by atoms with E-state index in [0.29, 0.717) is 24.0 Å². The summed E-state index contributed by atoms with van der Waals surface area (Å²) >= 11 is 1.33. The highest BCUT2D eigenvalue weighted by Gasteiger charge is 2.24. The smallest absolute Gasteiger partial charge is 0.226 e. The van der Waals surface area contributed by atoms with Gasteiger partial charge in [0, 0.05) is 12.1 Å². The largest absolute Gasteiger partial charge is 0.301 e. The second-order valence-electron chi connectivity index (χ2n) is 5.97. The minimum atomic E-state index is -0.0317. The molecule has 0 radical (unpaired) electrons. The van der Waals surface area contributed by atoms with E-state index in [9.17, 15) is 4.79 Å². The normalized spacial score (nSPS) is 18.3. The summed E-state index contributed by atoms with van der Waals surface area (Å²) in [5.74, 6) is -0.0317. The Hall–Kier alpha value is -1.86. The topological polar surface area (TPSA) is 71.0 Å². The Morgan fingerprint density at radius 3 is 3.04 bits per heavy atom. The van der Waals surface area contributed by atoms with Crippen LogP contribution in [0.15, 0.2) is 17.6 Å². The number of anilines is 1. The lowest BCUT2D eigenvalue weighted by atomic mass is 10.0. The van der Waals surface area contributed by atoms with Crippen LogP contribution in [0.3, 0.4) is 0 Å². The van der Waals surface area contributed by atoms with Crippen molar-refractivity contribution in [3.05, 3.63) is 34.6 Å². The van der Waals surface area contributed by atoms with E-state index >= 15 is 0 Å². The number of rotatable bonds is 5. The van der Waals surface area contributed by atoms with Crippen LogP contribution in [0.1, 0.15) is 42.3 Å². The Morgan fingerprint density at radius 2 is 2.35 bits per heavy atom. The van der Waals surface area contributed by atoms with Crippen LogP contribution < -0.4 is 5.32 Å². The fourth-order valence-corrected chi connectivity index (χ4v) is 3.50. The Kier molecular flexibility index (Phi) is 4.97. The number of hydrogen-bond donors (Lipinski definition) is 1. The Balaban J connectivity index is 1.63. The minimum Gasteiger partial charge on any atom is -0.301 e. The molecule has 3 heterocycles. The molecular weight excluding hydrogens is 310 g/mol. The van der Waals surface area contributed by atoms with Gasteiger partial charge in [-0.2, -0.15) is 0 Å². The van der Waals surface area contributed by atoms with Gasteiger partial charge < -0.3 is 5.32 Å². The first-order chi connectivity index (χ1) is 11.1. The summed E-state index contributed by atoms with van der Waals surface area (Å²) in [5, 5.41) is 10.8. The second kappa shape index (κ2) is 7.14. The molecular formula is C16H21N5OS. The first-order valence-corrected chi connectivity index (χ1v) is 8.73. The summed E-state index contributed by atoms with van der Waals surface area (Å²) in [6.45, 7) is 3.14. The summed E-state index contributed by atoms with van der Waals surface area (Å²) in [6, 6.07) is 4.62. The van der Waals surface area contributed by atoms with Gasteiger partial charge >= 0.3 is 0 Å². The second-order valence-corrected chi connectivity index (χ2v) is 6.81. The highest BCUT2D eigenvalue weighted by Crippen LogP contribution is 2.29. The van der Waals surface area contributed by atoms with Gasteiger partial charge in [-0.15, -0.1) is 10.2 Å². The summed E-state index contributed by atoms with van der Waals surface area (Å²) in [5.41, 5.74) is 4.92. The van der Waals surface area contributed by atoms with Crippen molar-refractivity contribution in [3.63, 3.8) is 0 Å². The molecule has 1 aliphatic rings. The van der Waals surface area contributed by atoms with E-state index in [1.54, 1.807) is 5.51 Å². The van der Waals surface area contributed by atoms with Crippen molar-refractivity contribution in [2.45, 2.75) is 38.6 Å². The molecule has 0 aromatic carbocycles. The summed E-state index contributed by atoms with van der Waals surface area (Å²) in [7, 11) is 2.15. The Morgan fingerprint density at radius 1 is 1.48 bits per heavy atom. The zero-order valence-corrected chi connectivity index (χ0v) is 14.3. The Bertz CT molecular complexity index is 673. The third-order valence-corrected chi connectivity index (χ3v) is 4.75. The molecule has 1 atom stereocenters. The monoisotopic (exact) mass is 331 g/mol. The molecule has 0 spiro atoms. The van der Waals surface area contributed by atoms with E-state index in [-0.39, 0.29) is 5.91 Å². The highest BCUT2D eigenvalue weighted by molar-refractivity contribution is 7.13. The Labute approximate surface area is 140 Å². The molecule has 0 saturated carbocycles. The molecule has 1 aliphatic heterocycles. The van der Waals surface area contributed by atoms with Crippen molar-refractivity contribution in [1.82, 2.24) is 20.1 Å². The van der Waals surface area contributed by atoms with E-state index in [0.717, 1.165) is 24.4 Å². The van der Waals surface area contributed by atoms with Crippen LogP contribution in [0, 0.1) is 6.92 Å². The first kappa shape index (κ1) is 16.0. The van der Waals surface area contributed by atoms with E-state index in [4.69, 9.17) is 4.98 Å². The third-order valence-electron chi connectivity index (χ3n) is 4.14. The van der Waals surface area contributed by atoms with Crippen molar-refractivity contribution < 1.29 is 4.79 Å². The average molecular weight is 331 g/mol. The van der Waals surface area contributed by atoms with Gasteiger partial charge in [0.2, 0.25) is 11.0 Å². The molecule has 1 N–H and O–H groups in total. The molecule has 122 valence electrons. The predicted molar refractivity (Wildman–Crippen MR) is 90.4 cm³/mol. The molecule has 23 heavy (non-hydrogen) atoms. The molecule has 7 heteroatoms. The van der Waals surface area contributed by atoms with E-state index in [1.165, 1.54) is 23.3 Å². The number of amides is 1. The zero-order valence-electron chi connectivity index (χ0n) is 13.5. The quantitative estimate of drug-likeness (QED) is 0.912. The lowest BCUT2D eigenvalue weighted by molar-refractivity contribution is -0.116. The van der Waals surface area contributed by atoms with Gasteiger partial charge in [0.15, 0.2) is 0 Å². The standard InChI is InChI=1S/C16H21N5OS/c1-11-8-12(5-6-15(22)19-16-20-17-10-23-16)9-13(18-11)14-4-3-7-21(14)2/h8-10,14H,3-7H2,1-2H3,(H,19,20,22). The zero-order chi connectivity index (χ0) is 16.2. The lowest BCUT2D eigenvalue weighted by Gasteiger charge is -2.20. The number of pyridine rings is 1. The molecule has 6 nitrogen and oxygen atoms in total. The molecule has 0 bridgehead atoms. The fraction of sp³-hybridized carbons (Fsp3) is 0.500. The number of carbonyl (C=O) groups is 1. The molecule has 1 saturated heterocycles. The summed E-state index contributed by atoms with van der Waals surface area (Å²) in [4.78, 5) is 19.0. The third kappa shape index (κ3) is 4.11. The van der Waals surface area contributed by atoms with Gasteiger partial charge in [0.25, 0.3) is 0 Å². The van der Waals surface area contributed by atoms with Gasteiger partial charge in [-0.3, -0.25) is 14.7 Å². The summed E-state index contributed by atoms with van der Waals surface area (Å²) in [6.07, 6.45) is 3.51. The molecule has 3 rings (SSSR count). The maximum absolute atomic E-state index is 12.0. The molecule has 0 aliphatic carbocycles. The average Bonchev–Trinajstić information content (AvgIpc) is 3.16. The van der Waals surface area contributed by atoms with E-state index < -0.39 is 0 Å². The van der Waals surface area contributed by atoms with Crippen LogP contribution in [0.25, 0.3) is 0 Å². The molecule has 1 fully saturated rings. The number of hydrogen-bond acceptors (Lipinski definition) is 6. The van der Waals surface area contributed by atoms with Crippen LogP contribution in [0.5, 0.6) is 0 Å². The van der Waals surface area contributed by atoms with Gasteiger partial charge in [-0.05, 0) is 57.5 Å². The van der Waals surface area contributed by atoms with Gasteiger partial charge in [-0.1, -0.05) is 11.3 Å². The lowest BCUT2D eigenvalue weighted by Crippen LogP contribution is -2.19. The summed E-state index contributed by atoms with van der Waals surface area (Å²) < 4.78 is 0. The van der Waals surface area contributed by atoms with Crippen LogP contribution in [0.2, 0.25) is 0 Å². The van der Waals surface area contributed by atoms with Crippen LogP contribution in [0.4, 0.5) is 5.13 Å². The molecule has 2 aromatic heterocycles. The number of likely N-dealkylation sites (tertiary alicyclic amines) is 1. The van der Waals surface area contributed by atoms with Crippen LogP contribution in [-0.2, 0) is 11.2 Å². The van der Waals surface area contributed by atoms with Gasteiger partial charge in [0.05, 0.1) is 11.7 Å². The van der Waals surface area contributed by atoms with Gasteiger partial charge in [-0.25, -0.2) is 0 Å². The maximum Gasteiger partial charge on any atom is 0.226 e. The van der Waals surface area contributed by atoms with E-state index in [2.05, 4.69) is 39.6 Å². The number of nitrogens with one attached hydrogen (secondary N) is 1. The van der Waals surface area contributed by atoms with Crippen LogP contribution in [-0.4, -0.2) is 39.6 Å². The fourth-order valence-electron chi connectivity index (χ4n) is 3.03. The van der Waals surface area contributed by atoms with Crippen molar-refractivity contribution in [3.8, 4) is 0 Å². The molecule has 2 aromatic rings. The molecule has 1 unspecified atom stereocenters. The number of aryl methyl sites for hydroxylation is 2. The molecule has 1 amide bonds. The van der Waals surface area contributed by atoms with Gasteiger partial charge in [0.1, 0.15) is 5.51 Å². The van der Waals surface area contributed by atoms with Crippen molar-refractivity contribution in [1.29, 1.82) is 0 Å². The minimum absolute atomic E-state index is 0.0317. The van der Waals surface area contributed by atoms with Crippen molar-refractivity contribution in [2.24, 2.45) is 0 Å². The first-order valence-electron chi connectivity index (χ1n) is 7.85. The van der Waals surface area contributed by atoms with E-state index in [1.807, 2.05) is 6.92 Å². The highest BCUT2D eigenvalue weighted by atomic mass is 32.1. The van der Waals surface area contributed by atoms with Crippen LogP contribution >= 0.6 is 11.3 Å². The number of carbonyl (C=O) groups excluding carboxylic acids is 1. The number of aromatic nitrogens is 3. The van der Waals surface area contributed by atoms with Crippen molar-refractivity contribution >= 4 is 22.4 Å². The number of nitrogens with zero attached hydrogens (tertiary/aromatic N) is 4.